The first-order chi connectivity index (χ1) is 8.71. The van der Waals surface area contributed by atoms with E-state index in [2.05, 4.69) is 5.32 Å². The van der Waals surface area contributed by atoms with Crippen LogP contribution in [0.1, 0.15) is 13.3 Å². The number of amides is 1. The number of hydrogen-bond donors (Lipinski definition) is 5. The molecule has 9 heteroatoms. The average molecular weight is 277 g/mol. The summed E-state index contributed by atoms with van der Waals surface area (Å²) in [6.45, 7) is 1.13. The van der Waals surface area contributed by atoms with Crippen molar-refractivity contribution in [3.63, 3.8) is 0 Å². The van der Waals surface area contributed by atoms with E-state index in [1.165, 1.54) is 0 Å². The Hall–Kier alpha value is -1.55. The number of carbonyl (C=O) groups is 3. The van der Waals surface area contributed by atoms with E-state index in [0.29, 0.717) is 0 Å². The lowest BCUT2D eigenvalue weighted by Gasteiger charge is -2.43. The van der Waals surface area contributed by atoms with Gasteiger partial charge in [0, 0.05) is 13.3 Å². The van der Waals surface area contributed by atoms with E-state index < -0.39 is 48.4 Å². The van der Waals surface area contributed by atoms with Crippen molar-refractivity contribution in [1.29, 1.82) is 0 Å². The Morgan fingerprint density at radius 3 is 2.53 bits per heavy atom. The molecule has 5 unspecified atom stereocenters. The number of aldehydes is 1. The van der Waals surface area contributed by atoms with Crippen molar-refractivity contribution >= 4 is 18.2 Å². The van der Waals surface area contributed by atoms with E-state index in [1.54, 1.807) is 0 Å². The molecule has 0 spiro atoms. The molecule has 1 aliphatic rings. The summed E-state index contributed by atoms with van der Waals surface area (Å²) in [5.74, 6) is -5.07. The highest BCUT2D eigenvalue weighted by Gasteiger charge is 2.52. The van der Waals surface area contributed by atoms with E-state index in [1.807, 2.05) is 0 Å². The molecule has 0 radical (unpaired) electrons. The topological polar surface area (TPSA) is 153 Å². The Morgan fingerprint density at radius 1 is 1.53 bits per heavy atom. The van der Waals surface area contributed by atoms with Crippen LogP contribution in [0.4, 0.5) is 0 Å². The van der Waals surface area contributed by atoms with Gasteiger partial charge in [-0.3, -0.25) is 4.79 Å². The molecule has 1 heterocycles. The van der Waals surface area contributed by atoms with Crippen molar-refractivity contribution in [2.24, 2.45) is 0 Å². The zero-order valence-corrected chi connectivity index (χ0v) is 10.0. The zero-order chi connectivity index (χ0) is 14.8. The molecule has 9 nitrogen and oxygen atoms in total. The van der Waals surface area contributed by atoms with Gasteiger partial charge in [0.25, 0.3) is 5.79 Å². The number of rotatable bonds is 4. The van der Waals surface area contributed by atoms with Gasteiger partial charge >= 0.3 is 5.97 Å². The minimum Gasteiger partial charge on any atom is -0.477 e. The quantitative estimate of drug-likeness (QED) is 0.340. The second-order valence-corrected chi connectivity index (χ2v) is 4.30. The Morgan fingerprint density at radius 2 is 2.11 bits per heavy atom. The molecule has 1 saturated heterocycles. The number of ether oxygens (including phenoxy) is 1. The minimum atomic E-state index is -2.73. The molecule has 1 amide bonds. The maximum atomic E-state index is 11.0. The van der Waals surface area contributed by atoms with Crippen LogP contribution in [-0.4, -0.2) is 68.7 Å². The summed E-state index contributed by atoms with van der Waals surface area (Å²) >= 11 is 0. The van der Waals surface area contributed by atoms with Gasteiger partial charge in [0.2, 0.25) is 5.91 Å². The molecule has 0 aliphatic carbocycles. The van der Waals surface area contributed by atoms with Gasteiger partial charge in [-0.2, -0.15) is 0 Å². The van der Waals surface area contributed by atoms with Gasteiger partial charge in [0.1, 0.15) is 12.2 Å². The smallest absolute Gasteiger partial charge is 0.364 e. The third-order valence-electron chi connectivity index (χ3n) is 2.77. The molecular formula is C10H15NO8. The van der Waals surface area contributed by atoms with Gasteiger partial charge in [0.05, 0.1) is 12.1 Å². The first-order valence-electron chi connectivity index (χ1n) is 5.43. The van der Waals surface area contributed by atoms with Crippen molar-refractivity contribution in [3.8, 4) is 0 Å². The Labute approximate surface area is 107 Å². The lowest BCUT2D eigenvalue weighted by atomic mass is 9.90. The maximum absolute atomic E-state index is 11.0. The average Bonchev–Trinajstić information content (AvgIpc) is 2.30. The summed E-state index contributed by atoms with van der Waals surface area (Å²) in [7, 11) is 0. The number of carbonyl (C=O) groups excluding carboxylic acids is 2. The number of carboxylic acid groups (broad SMARTS) is 1. The van der Waals surface area contributed by atoms with Crippen LogP contribution in [0.25, 0.3) is 0 Å². The van der Waals surface area contributed by atoms with Crippen LogP contribution in [0.2, 0.25) is 0 Å². The SMILES string of the molecule is CC(=O)NC1C(O)CC(O)(C(=O)O)OC1C(O)C=O. The summed E-state index contributed by atoms with van der Waals surface area (Å²) < 4.78 is 4.77. The molecular weight excluding hydrogens is 262 g/mol. The fraction of sp³-hybridized carbons (Fsp3) is 0.700. The van der Waals surface area contributed by atoms with E-state index >= 15 is 0 Å². The van der Waals surface area contributed by atoms with Crippen molar-refractivity contribution in [1.82, 2.24) is 5.32 Å². The fourth-order valence-corrected chi connectivity index (χ4v) is 1.89. The Balaban J connectivity index is 3.03. The van der Waals surface area contributed by atoms with Gasteiger partial charge in [-0.05, 0) is 0 Å². The lowest BCUT2D eigenvalue weighted by Crippen LogP contribution is -2.66. The number of aliphatic hydroxyl groups excluding tert-OH is 2. The highest BCUT2D eigenvalue weighted by Crippen LogP contribution is 2.29. The van der Waals surface area contributed by atoms with Crippen LogP contribution in [0.3, 0.4) is 0 Å². The van der Waals surface area contributed by atoms with Crippen molar-refractivity contribution in [2.45, 2.75) is 43.5 Å². The van der Waals surface area contributed by atoms with Crippen LogP contribution >= 0.6 is 0 Å². The van der Waals surface area contributed by atoms with Crippen molar-refractivity contribution < 1.29 is 39.5 Å². The summed E-state index contributed by atoms with van der Waals surface area (Å²) in [6.07, 6.45) is -5.54. The van der Waals surface area contributed by atoms with Gasteiger partial charge in [0.15, 0.2) is 6.29 Å². The standard InChI is InChI=1S/C10H15NO8/c1-4(13)11-7-5(14)2-10(18,9(16)17)19-8(7)6(15)3-12/h3,5-8,14-15,18H,2H2,1H3,(H,11,13)(H,16,17). The predicted octanol–water partition coefficient (Wildman–Crippen LogP) is -3.03. The van der Waals surface area contributed by atoms with Crippen LogP contribution in [-0.2, 0) is 19.1 Å². The number of aliphatic carboxylic acids is 1. The summed E-state index contributed by atoms with van der Waals surface area (Å²) in [4.78, 5) is 32.4. The molecule has 19 heavy (non-hydrogen) atoms. The normalized spacial score (nSPS) is 36.3. The second-order valence-electron chi connectivity index (χ2n) is 4.30. The number of nitrogens with one attached hydrogen (secondary N) is 1. The monoisotopic (exact) mass is 277 g/mol. The molecule has 108 valence electrons. The summed E-state index contributed by atoms with van der Waals surface area (Å²) in [6, 6.07) is -1.21. The van der Waals surface area contributed by atoms with Crippen LogP contribution in [0.15, 0.2) is 0 Å². The van der Waals surface area contributed by atoms with E-state index in [4.69, 9.17) is 9.84 Å². The van der Waals surface area contributed by atoms with E-state index in [9.17, 15) is 29.7 Å². The van der Waals surface area contributed by atoms with Crippen molar-refractivity contribution in [2.75, 3.05) is 0 Å². The molecule has 0 aromatic carbocycles. The molecule has 1 aliphatic heterocycles. The zero-order valence-electron chi connectivity index (χ0n) is 10.0. The molecule has 0 aromatic rings. The van der Waals surface area contributed by atoms with Crippen LogP contribution in [0.5, 0.6) is 0 Å². The van der Waals surface area contributed by atoms with E-state index in [-0.39, 0.29) is 6.29 Å². The predicted molar refractivity (Wildman–Crippen MR) is 57.8 cm³/mol. The van der Waals surface area contributed by atoms with E-state index in [0.717, 1.165) is 6.92 Å². The molecule has 0 saturated carbocycles. The second kappa shape index (κ2) is 5.61. The highest BCUT2D eigenvalue weighted by molar-refractivity contribution is 5.76. The third kappa shape index (κ3) is 3.26. The largest absolute Gasteiger partial charge is 0.477 e. The lowest BCUT2D eigenvalue weighted by molar-refractivity contribution is -0.286. The first-order valence-corrected chi connectivity index (χ1v) is 5.43. The fourth-order valence-electron chi connectivity index (χ4n) is 1.89. The Kier molecular flexibility index (Phi) is 4.58. The molecule has 5 N–H and O–H groups in total. The molecule has 1 rings (SSSR count). The number of hydrogen-bond acceptors (Lipinski definition) is 7. The van der Waals surface area contributed by atoms with Gasteiger partial charge in [-0.25, -0.2) is 4.79 Å². The third-order valence-corrected chi connectivity index (χ3v) is 2.77. The van der Waals surface area contributed by atoms with Gasteiger partial charge in [-0.1, -0.05) is 0 Å². The molecule has 0 bridgehead atoms. The summed E-state index contributed by atoms with van der Waals surface area (Å²) in [5, 5.41) is 39.9. The van der Waals surface area contributed by atoms with Gasteiger partial charge < -0.3 is 35.3 Å². The van der Waals surface area contributed by atoms with Crippen LogP contribution in [0, 0.1) is 0 Å². The maximum Gasteiger partial charge on any atom is 0.364 e. The summed E-state index contributed by atoms with van der Waals surface area (Å²) in [5.41, 5.74) is 0. The van der Waals surface area contributed by atoms with Gasteiger partial charge in [-0.15, -0.1) is 0 Å². The molecule has 0 aromatic heterocycles. The number of carboxylic acids is 1. The molecule has 1 fully saturated rings. The highest BCUT2D eigenvalue weighted by atomic mass is 16.7. The van der Waals surface area contributed by atoms with Crippen LogP contribution < -0.4 is 5.32 Å². The molecule has 5 atom stereocenters. The number of aliphatic hydroxyl groups is 3. The van der Waals surface area contributed by atoms with Crippen molar-refractivity contribution in [3.05, 3.63) is 0 Å². The minimum absolute atomic E-state index is 0.0554. The first kappa shape index (κ1) is 15.5. The Bertz CT molecular complexity index is 386.